The molecule has 7 nitrogen and oxygen atoms in total. The first-order valence-corrected chi connectivity index (χ1v) is 12.7. The Kier molecular flexibility index (Phi) is 9.26. The highest BCUT2D eigenvalue weighted by atomic mass is 32.2. The van der Waals surface area contributed by atoms with E-state index in [0.717, 1.165) is 21.7 Å². The number of nitrogens with one attached hydrogen (secondary N) is 1. The van der Waals surface area contributed by atoms with Crippen LogP contribution in [-0.4, -0.2) is 57.6 Å². The summed E-state index contributed by atoms with van der Waals surface area (Å²) in [6, 6.07) is 16.2. The summed E-state index contributed by atoms with van der Waals surface area (Å²) in [6.45, 7) is 3.72. The van der Waals surface area contributed by atoms with Crippen LogP contribution in [-0.2, 0) is 32.5 Å². The molecule has 0 aliphatic carbocycles. The average Bonchev–Trinajstić information content (AvgIpc) is 2.79. The van der Waals surface area contributed by atoms with E-state index >= 15 is 0 Å². The maximum atomic E-state index is 13.5. The molecule has 0 aliphatic heterocycles. The molecule has 0 saturated carbocycles. The standard InChI is InChI=1S/C24H33N3O4S/c1-5-20-14-10-11-15-22(20)27(32(4,30)31)18-23(28)26(21(6-2)24(29)25-3)17-16-19-12-8-7-9-13-19/h7-15,21H,5-6,16-18H2,1-4H3,(H,25,29). The molecule has 0 aromatic heterocycles. The van der Waals surface area contributed by atoms with Crippen LogP contribution in [0.5, 0.6) is 0 Å². The van der Waals surface area contributed by atoms with Crippen molar-refractivity contribution in [2.24, 2.45) is 0 Å². The maximum Gasteiger partial charge on any atom is 0.244 e. The van der Waals surface area contributed by atoms with Gasteiger partial charge in [-0.25, -0.2) is 8.42 Å². The monoisotopic (exact) mass is 459 g/mol. The first-order chi connectivity index (χ1) is 15.2. The fourth-order valence-corrected chi connectivity index (χ4v) is 4.59. The van der Waals surface area contributed by atoms with E-state index < -0.39 is 22.0 Å². The van der Waals surface area contributed by atoms with Crippen LogP contribution in [0.2, 0.25) is 0 Å². The van der Waals surface area contributed by atoms with Crippen LogP contribution < -0.4 is 9.62 Å². The molecule has 1 atom stereocenters. The third-order valence-corrected chi connectivity index (χ3v) is 6.56. The molecule has 8 heteroatoms. The van der Waals surface area contributed by atoms with Gasteiger partial charge in [0.25, 0.3) is 0 Å². The van der Waals surface area contributed by atoms with Crippen LogP contribution in [0.25, 0.3) is 0 Å². The Morgan fingerprint density at radius 2 is 1.62 bits per heavy atom. The largest absolute Gasteiger partial charge is 0.357 e. The Hall–Kier alpha value is -2.87. The van der Waals surface area contributed by atoms with Gasteiger partial charge in [0.2, 0.25) is 21.8 Å². The van der Waals surface area contributed by atoms with Crippen LogP contribution in [0.15, 0.2) is 54.6 Å². The number of sulfonamides is 1. The van der Waals surface area contributed by atoms with Gasteiger partial charge in [0.15, 0.2) is 0 Å². The lowest BCUT2D eigenvalue weighted by molar-refractivity contribution is -0.139. The van der Waals surface area contributed by atoms with Crippen molar-refractivity contribution in [2.75, 3.05) is 30.7 Å². The van der Waals surface area contributed by atoms with Gasteiger partial charge in [0.05, 0.1) is 11.9 Å². The lowest BCUT2D eigenvalue weighted by Gasteiger charge is -2.33. The average molecular weight is 460 g/mol. The summed E-state index contributed by atoms with van der Waals surface area (Å²) >= 11 is 0. The Labute approximate surface area is 191 Å². The molecule has 1 N–H and O–H groups in total. The molecule has 0 saturated heterocycles. The van der Waals surface area contributed by atoms with Crippen LogP contribution in [0.4, 0.5) is 5.69 Å². The number of hydrogen-bond donors (Lipinski definition) is 1. The van der Waals surface area contributed by atoms with Crippen molar-refractivity contribution in [1.82, 2.24) is 10.2 Å². The summed E-state index contributed by atoms with van der Waals surface area (Å²) in [5.41, 5.74) is 2.36. The molecule has 2 aromatic rings. The van der Waals surface area contributed by atoms with Gasteiger partial charge in [-0.1, -0.05) is 62.4 Å². The van der Waals surface area contributed by atoms with E-state index in [2.05, 4.69) is 5.32 Å². The summed E-state index contributed by atoms with van der Waals surface area (Å²) in [5.74, 6) is -0.679. The third-order valence-electron chi connectivity index (χ3n) is 5.44. The number of carbonyl (C=O) groups is 2. The highest BCUT2D eigenvalue weighted by Gasteiger charge is 2.31. The third kappa shape index (κ3) is 6.56. The van der Waals surface area contributed by atoms with Crippen molar-refractivity contribution in [2.45, 2.75) is 39.2 Å². The summed E-state index contributed by atoms with van der Waals surface area (Å²) in [4.78, 5) is 27.5. The smallest absolute Gasteiger partial charge is 0.244 e. The van der Waals surface area contributed by atoms with Crippen molar-refractivity contribution in [3.63, 3.8) is 0 Å². The molecule has 2 aromatic carbocycles. The van der Waals surface area contributed by atoms with Crippen LogP contribution in [0.1, 0.15) is 31.4 Å². The van der Waals surface area contributed by atoms with E-state index in [1.807, 2.05) is 56.3 Å². The number of rotatable bonds is 11. The number of benzene rings is 2. The maximum absolute atomic E-state index is 13.5. The molecule has 1 unspecified atom stereocenters. The molecular formula is C24H33N3O4S. The van der Waals surface area contributed by atoms with Crippen molar-refractivity contribution in [3.8, 4) is 0 Å². The Bertz CT molecular complexity index is 1010. The summed E-state index contributed by atoms with van der Waals surface area (Å²) < 4.78 is 26.4. The Morgan fingerprint density at radius 1 is 1.00 bits per heavy atom. The molecule has 32 heavy (non-hydrogen) atoms. The SMILES string of the molecule is CCc1ccccc1N(CC(=O)N(CCc1ccccc1)C(CC)C(=O)NC)S(C)(=O)=O. The summed E-state index contributed by atoms with van der Waals surface area (Å²) in [6.07, 6.45) is 2.70. The van der Waals surface area contributed by atoms with Gasteiger partial charge in [0.1, 0.15) is 12.6 Å². The molecule has 0 heterocycles. The Morgan fingerprint density at radius 3 is 2.19 bits per heavy atom. The molecule has 174 valence electrons. The van der Waals surface area contributed by atoms with Gasteiger partial charge in [-0.2, -0.15) is 0 Å². The number of amides is 2. The van der Waals surface area contributed by atoms with Gasteiger partial charge in [-0.15, -0.1) is 0 Å². The number of carbonyl (C=O) groups excluding carboxylic acids is 2. The number of nitrogens with zero attached hydrogens (tertiary/aromatic N) is 2. The second-order valence-corrected chi connectivity index (χ2v) is 9.52. The molecule has 0 bridgehead atoms. The van der Waals surface area contributed by atoms with Gasteiger partial charge in [-0.3, -0.25) is 13.9 Å². The molecule has 0 aliphatic rings. The number of likely N-dealkylation sites (N-methyl/N-ethyl adjacent to an activating group) is 1. The normalized spacial score (nSPS) is 12.1. The molecule has 0 fully saturated rings. The molecule has 0 radical (unpaired) electrons. The van der Waals surface area contributed by atoms with Crippen molar-refractivity contribution in [3.05, 3.63) is 65.7 Å². The van der Waals surface area contributed by atoms with E-state index in [4.69, 9.17) is 0 Å². The first-order valence-electron chi connectivity index (χ1n) is 10.8. The van der Waals surface area contributed by atoms with Gasteiger partial charge in [-0.05, 0) is 36.5 Å². The zero-order chi connectivity index (χ0) is 23.7. The van der Waals surface area contributed by atoms with Gasteiger partial charge >= 0.3 is 0 Å². The van der Waals surface area contributed by atoms with Gasteiger partial charge < -0.3 is 10.2 Å². The highest BCUT2D eigenvalue weighted by Crippen LogP contribution is 2.24. The predicted molar refractivity (Wildman–Crippen MR) is 128 cm³/mol. The van der Waals surface area contributed by atoms with E-state index in [1.54, 1.807) is 12.1 Å². The molecule has 2 rings (SSSR count). The second-order valence-electron chi connectivity index (χ2n) is 7.61. The van der Waals surface area contributed by atoms with Crippen LogP contribution >= 0.6 is 0 Å². The lowest BCUT2D eigenvalue weighted by Crippen LogP contribution is -2.52. The van der Waals surface area contributed by atoms with Crippen LogP contribution in [0, 0.1) is 0 Å². The van der Waals surface area contributed by atoms with Crippen molar-refractivity contribution < 1.29 is 18.0 Å². The summed E-state index contributed by atoms with van der Waals surface area (Å²) in [5, 5.41) is 2.62. The Balaban J connectivity index is 2.37. The molecule has 0 spiro atoms. The van der Waals surface area contributed by atoms with E-state index in [9.17, 15) is 18.0 Å². The van der Waals surface area contributed by atoms with Crippen molar-refractivity contribution in [1.29, 1.82) is 0 Å². The minimum atomic E-state index is -3.72. The quantitative estimate of drug-likeness (QED) is 0.560. The van der Waals surface area contributed by atoms with Crippen molar-refractivity contribution >= 4 is 27.5 Å². The minimum Gasteiger partial charge on any atom is -0.357 e. The molecular weight excluding hydrogens is 426 g/mol. The molecule has 2 amide bonds. The van der Waals surface area contributed by atoms with E-state index in [0.29, 0.717) is 31.5 Å². The van der Waals surface area contributed by atoms with E-state index in [1.165, 1.54) is 11.9 Å². The number of aryl methyl sites for hydroxylation is 1. The second kappa shape index (κ2) is 11.7. The first kappa shape index (κ1) is 25.4. The van der Waals surface area contributed by atoms with Gasteiger partial charge in [0, 0.05) is 13.6 Å². The summed E-state index contributed by atoms with van der Waals surface area (Å²) in [7, 11) is -2.19. The lowest BCUT2D eigenvalue weighted by atomic mass is 10.1. The topological polar surface area (TPSA) is 86.8 Å². The minimum absolute atomic E-state index is 0.270. The predicted octanol–water partition coefficient (Wildman–Crippen LogP) is 2.61. The fourth-order valence-electron chi connectivity index (χ4n) is 3.71. The highest BCUT2D eigenvalue weighted by molar-refractivity contribution is 7.92. The fraction of sp³-hybridized carbons (Fsp3) is 0.417. The number of para-hydroxylation sites is 1. The zero-order valence-corrected chi connectivity index (χ0v) is 20.1. The zero-order valence-electron chi connectivity index (χ0n) is 19.2. The van der Waals surface area contributed by atoms with E-state index in [-0.39, 0.29) is 12.5 Å². The number of anilines is 1. The van der Waals surface area contributed by atoms with Crippen LogP contribution in [0.3, 0.4) is 0 Å². The number of hydrogen-bond acceptors (Lipinski definition) is 4.